The molecule has 0 fully saturated rings. The first-order valence-electron chi connectivity index (χ1n) is 5.53. The van der Waals surface area contributed by atoms with Crippen molar-refractivity contribution in [2.45, 2.75) is 6.92 Å². The summed E-state index contributed by atoms with van der Waals surface area (Å²) in [6.45, 7) is 2.03. The van der Waals surface area contributed by atoms with Crippen LogP contribution in [0.25, 0.3) is 21.5 Å². The van der Waals surface area contributed by atoms with Crippen molar-refractivity contribution in [2.24, 2.45) is 0 Å². The second kappa shape index (κ2) is 4.26. The zero-order valence-electron chi connectivity index (χ0n) is 9.66. The zero-order valence-corrected chi connectivity index (χ0v) is 11.2. The Bertz CT molecular complexity index is 741. The lowest BCUT2D eigenvalue weighted by Gasteiger charge is -1.93. The molecule has 3 rings (SSSR count). The molecule has 0 spiro atoms. The zero-order chi connectivity index (χ0) is 12.7. The summed E-state index contributed by atoms with van der Waals surface area (Å²) in [6, 6.07) is 9.72. The maximum Gasteiger partial charge on any atom is 0.152 e. The van der Waals surface area contributed by atoms with Gasteiger partial charge in [-0.25, -0.2) is 0 Å². The predicted molar refractivity (Wildman–Crippen MR) is 76.7 cm³/mol. The number of carbonyl (C=O) groups excluding carboxylic acids is 1. The Morgan fingerprint density at radius 1 is 1.28 bits per heavy atom. The van der Waals surface area contributed by atoms with E-state index >= 15 is 0 Å². The third kappa shape index (κ3) is 1.67. The molecule has 0 aliphatic heterocycles. The molecular weight excluding hydrogens is 266 g/mol. The summed E-state index contributed by atoms with van der Waals surface area (Å²) in [5.41, 5.74) is 3.70. The van der Waals surface area contributed by atoms with Crippen LogP contribution in [0.2, 0.25) is 4.34 Å². The fourth-order valence-corrected chi connectivity index (χ4v) is 3.21. The Labute approximate surface area is 113 Å². The summed E-state index contributed by atoms with van der Waals surface area (Å²) in [7, 11) is 0. The molecule has 0 radical (unpaired) electrons. The van der Waals surface area contributed by atoms with E-state index < -0.39 is 0 Å². The second-order valence-electron chi connectivity index (χ2n) is 4.13. The number of hydrogen-bond acceptors (Lipinski definition) is 2. The number of aryl methyl sites for hydroxylation is 1. The average Bonchev–Trinajstić information content (AvgIpc) is 2.93. The number of H-pyrrole nitrogens is 1. The minimum atomic E-state index is 0.701. The van der Waals surface area contributed by atoms with Gasteiger partial charge in [0, 0.05) is 16.5 Å². The van der Waals surface area contributed by atoms with Crippen molar-refractivity contribution in [1.82, 2.24) is 4.98 Å². The number of benzene rings is 1. The number of aromatic nitrogens is 1. The van der Waals surface area contributed by atoms with E-state index in [1.165, 1.54) is 11.3 Å². The van der Waals surface area contributed by atoms with Crippen LogP contribution in [0, 0.1) is 6.92 Å². The summed E-state index contributed by atoms with van der Waals surface area (Å²) < 4.78 is 0.720. The van der Waals surface area contributed by atoms with Crippen LogP contribution in [0.4, 0.5) is 0 Å². The fourth-order valence-electron chi connectivity index (χ4n) is 2.15. The highest BCUT2D eigenvalue weighted by molar-refractivity contribution is 7.19. The van der Waals surface area contributed by atoms with E-state index in [1.807, 2.05) is 37.3 Å². The minimum Gasteiger partial charge on any atom is -0.353 e. The van der Waals surface area contributed by atoms with Crippen LogP contribution < -0.4 is 0 Å². The van der Waals surface area contributed by atoms with Gasteiger partial charge < -0.3 is 4.98 Å². The number of rotatable bonds is 2. The normalized spacial score (nSPS) is 11.0. The van der Waals surface area contributed by atoms with Crippen molar-refractivity contribution in [1.29, 1.82) is 0 Å². The molecule has 0 aliphatic carbocycles. The molecule has 2 heterocycles. The number of nitrogens with one attached hydrogen (secondary N) is 1. The summed E-state index contributed by atoms with van der Waals surface area (Å²) in [5, 5.41) is 0.963. The standard InChI is InChI=1S/C14H10ClNOS/c1-8-3-2-4-9-10(7-17)14(16-13(8)9)11-5-6-12(15)18-11/h2-7,16H,1H3. The van der Waals surface area contributed by atoms with E-state index in [4.69, 9.17) is 11.6 Å². The fraction of sp³-hybridized carbons (Fsp3) is 0.0714. The lowest BCUT2D eigenvalue weighted by atomic mass is 10.1. The Morgan fingerprint density at radius 2 is 2.11 bits per heavy atom. The first kappa shape index (κ1) is 11.5. The topological polar surface area (TPSA) is 32.9 Å². The number of carbonyl (C=O) groups is 1. The van der Waals surface area contributed by atoms with Gasteiger partial charge in [-0.2, -0.15) is 0 Å². The quantitative estimate of drug-likeness (QED) is 0.677. The van der Waals surface area contributed by atoms with Crippen molar-refractivity contribution >= 4 is 40.1 Å². The number of hydrogen-bond donors (Lipinski definition) is 1. The molecule has 1 N–H and O–H groups in total. The largest absolute Gasteiger partial charge is 0.353 e. The van der Waals surface area contributed by atoms with Crippen molar-refractivity contribution in [2.75, 3.05) is 0 Å². The maximum absolute atomic E-state index is 11.3. The first-order chi connectivity index (χ1) is 8.70. The second-order valence-corrected chi connectivity index (χ2v) is 5.85. The summed E-state index contributed by atoms with van der Waals surface area (Å²) in [4.78, 5) is 15.7. The van der Waals surface area contributed by atoms with E-state index in [9.17, 15) is 4.79 Å². The van der Waals surface area contributed by atoms with Crippen LogP contribution in [0.3, 0.4) is 0 Å². The van der Waals surface area contributed by atoms with Crippen LogP contribution in [-0.2, 0) is 0 Å². The molecular formula is C14H10ClNOS. The smallest absolute Gasteiger partial charge is 0.152 e. The Morgan fingerprint density at radius 3 is 2.78 bits per heavy atom. The number of fused-ring (bicyclic) bond motifs is 1. The Kier molecular flexibility index (Phi) is 2.73. The number of para-hydroxylation sites is 1. The van der Waals surface area contributed by atoms with Crippen LogP contribution >= 0.6 is 22.9 Å². The van der Waals surface area contributed by atoms with Gasteiger partial charge in [-0.1, -0.05) is 29.8 Å². The molecule has 3 aromatic rings. The van der Waals surface area contributed by atoms with Crippen LogP contribution in [0.5, 0.6) is 0 Å². The molecule has 18 heavy (non-hydrogen) atoms. The van der Waals surface area contributed by atoms with Gasteiger partial charge in [0.05, 0.1) is 14.9 Å². The van der Waals surface area contributed by atoms with Gasteiger partial charge in [-0.05, 0) is 24.6 Å². The number of thiophene rings is 1. The third-order valence-corrected chi connectivity index (χ3v) is 4.27. The average molecular weight is 276 g/mol. The van der Waals surface area contributed by atoms with E-state index in [1.54, 1.807) is 0 Å². The van der Waals surface area contributed by atoms with Gasteiger partial charge in [0.15, 0.2) is 6.29 Å². The SMILES string of the molecule is Cc1cccc2c(C=O)c(-c3ccc(Cl)s3)[nH]c12. The molecule has 1 aromatic carbocycles. The number of aromatic amines is 1. The molecule has 0 saturated heterocycles. The van der Waals surface area contributed by atoms with Gasteiger partial charge in [-0.3, -0.25) is 4.79 Å². The minimum absolute atomic E-state index is 0.701. The van der Waals surface area contributed by atoms with Crippen LogP contribution in [0.15, 0.2) is 30.3 Å². The van der Waals surface area contributed by atoms with Gasteiger partial charge in [-0.15, -0.1) is 11.3 Å². The molecule has 90 valence electrons. The van der Waals surface area contributed by atoms with Gasteiger partial charge in [0.2, 0.25) is 0 Å². The van der Waals surface area contributed by atoms with Crippen LogP contribution in [-0.4, -0.2) is 11.3 Å². The number of aldehydes is 1. The van der Waals surface area contributed by atoms with Gasteiger partial charge in [0.25, 0.3) is 0 Å². The van der Waals surface area contributed by atoms with Crippen molar-refractivity contribution in [3.05, 3.63) is 45.8 Å². The van der Waals surface area contributed by atoms with Gasteiger partial charge >= 0.3 is 0 Å². The van der Waals surface area contributed by atoms with Crippen molar-refractivity contribution < 1.29 is 4.79 Å². The molecule has 4 heteroatoms. The molecule has 0 atom stereocenters. The van der Waals surface area contributed by atoms with E-state index in [2.05, 4.69) is 4.98 Å². The van der Waals surface area contributed by atoms with E-state index in [0.29, 0.717) is 5.56 Å². The lowest BCUT2D eigenvalue weighted by Crippen LogP contribution is -1.80. The summed E-state index contributed by atoms with van der Waals surface area (Å²) in [6.07, 6.45) is 0.904. The van der Waals surface area contributed by atoms with E-state index in [0.717, 1.165) is 37.7 Å². The third-order valence-electron chi connectivity index (χ3n) is 3.02. The van der Waals surface area contributed by atoms with Gasteiger partial charge in [0.1, 0.15) is 0 Å². The highest BCUT2D eigenvalue weighted by atomic mass is 35.5. The lowest BCUT2D eigenvalue weighted by molar-refractivity contribution is 0.112. The number of halogens is 1. The molecule has 2 nitrogen and oxygen atoms in total. The summed E-state index contributed by atoms with van der Waals surface area (Å²) in [5.74, 6) is 0. The first-order valence-corrected chi connectivity index (χ1v) is 6.72. The maximum atomic E-state index is 11.3. The predicted octanol–water partition coefficient (Wildman–Crippen LogP) is 4.67. The monoisotopic (exact) mass is 275 g/mol. The van der Waals surface area contributed by atoms with Crippen molar-refractivity contribution in [3.63, 3.8) is 0 Å². The molecule has 0 amide bonds. The summed E-state index contributed by atoms with van der Waals surface area (Å²) >= 11 is 7.42. The molecule has 0 bridgehead atoms. The molecule has 2 aromatic heterocycles. The molecule has 0 aliphatic rings. The Hall–Kier alpha value is -1.58. The Balaban J connectivity index is 2.36. The van der Waals surface area contributed by atoms with Crippen LogP contribution in [0.1, 0.15) is 15.9 Å². The highest BCUT2D eigenvalue weighted by Gasteiger charge is 2.14. The molecule has 0 unspecified atom stereocenters. The van der Waals surface area contributed by atoms with Crippen molar-refractivity contribution in [3.8, 4) is 10.6 Å². The highest BCUT2D eigenvalue weighted by Crippen LogP contribution is 2.35. The van der Waals surface area contributed by atoms with E-state index in [-0.39, 0.29) is 0 Å². The molecule has 0 saturated carbocycles.